The van der Waals surface area contributed by atoms with Gasteiger partial charge in [-0.3, -0.25) is 14.6 Å². The lowest BCUT2D eigenvalue weighted by atomic mass is 10.1. The molecule has 0 bridgehead atoms. The van der Waals surface area contributed by atoms with E-state index in [9.17, 15) is 9.59 Å². The summed E-state index contributed by atoms with van der Waals surface area (Å²) in [4.78, 5) is 39.4. The zero-order valence-electron chi connectivity index (χ0n) is 18.1. The summed E-state index contributed by atoms with van der Waals surface area (Å²) in [6, 6.07) is 9.55. The first-order chi connectivity index (χ1) is 16.0. The second-order valence-electron chi connectivity index (χ2n) is 7.91. The van der Waals surface area contributed by atoms with Crippen LogP contribution in [0.25, 0.3) is 11.3 Å². The van der Waals surface area contributed by atoms with Gasteiger partial charge in [0.15, 0.2) is 11.5 Å². The van der Waals surface area contributed by atoms with Gasteiger partial charge in [0.05, 0.1) is 35.4 Å². The Balaban J connectivity index is 1.56. The third-order valence-electron chi connectivity index (χ3n) is 5.68. The normalized spacial score (nSPS) is 15.4. The van der Waals surface area contributed by atoms with Crippen LogP contribution in [0.2, 0.25) is 0 Å². The number of nitrogen functional groups attached to an aromatic ring is 1. The van der Waals surface area contributed by atoms with Crippen LogP contribution in [0.15, 0.2) is 48.9 Å². The van der Waals surface area contributed by atoms with Crippen molar-refractivity contribution in [3.63, 3.8) is 0 Å². The number of anilines is 3. The molecule has 2 amide bonds. The molecule has 10 heteroatoms. The van der Waals surface area contributed by atoms with E-state index in [2.05, 4.69) is 20.3 Å². The Bertz CT molecular complexity index is 1170. The Morgan fingerprint density at radius 2 is 1.94 bits per heavy atom. The number of amides is 2. The standard InChI is InChI=1S/C23H26N8O2/c24-8-5-14-1-3-15(4-2-14)17-12-28-21(25)20(29-17)23(33)30-18-11-27-9-6-19(18)31-10-7-16(13-31)22(26)32/h1-4,6,9,11-12,16H,5,7-8,10,13,24H2,(H2,25,28)(H2,26,32)(H,30,33). The summed E-state index contributed by atoms with van der Waals surface area (Å²) in [7, 11) is 0. The molecular formula is C23H26N8O2. The lowest BCUT2D eigenvalue weighted by molar-refractivity contribution is -0.121. The van der Waals surface area contributed by atoms with Crippen LogP contribution >= 0.6 is 0 Å². The molecule has 0 saturated carbocycles. The molecule has 3 aromatic rings. The van der Waals surface area contributed by atoms with Crippen molar-refractivity contribution >= 4 is 29.0 Å². The third-order valence-corrected chi connectivity index (χ3v) is 5.68. The molecule has 1 unspecified atom stereocenters. The maximum absolute atomic E-state index is 13.1. The molecule has 10 nitrogen and oxygen atoms in total. The monoisotopic (exact) mass is 446 g/mol. The summed E-state index contributed by atoms with van der Waals surface area (Å²) in [6.45, 7) is 1.71. The van der Waals surface area contributed by atoms with Gasteiger partial charge >= 0.3 is 0 Å². The van der Waals surface area contributed by atoms with Crippen molar-refractivity contribution in [2.24, 2.45) is 17.4 Å². The zero-order chi connectivity index (χ0) is 23.4. The Hall–Kier alpha value is -4.05. The fourth-order valence-corrected chi connectivity index (χ4v) is 3.87. The molecule has 4 rings (SSSR count). The molecule has 0 aliphatic carbocycles. The van der Waals surface area contributed by atoms with Gasteiger partial charge in [0, 0.05) is 24.8 Å². The predicted molar refractivity (Wildman–Crippen MR) is 126 cm³/mol. The van der Waals surface area contributed by atoms with E-state index in [4.69, 9.17) is 17.2 Å². The fraction of sp³-hybridized carbons (Fsp3) is 0.261. The number of hydrogen-bond acceptors (Lipinski definition) is 8. The van der Waals surface area contributed by atoms with Crippen molar-refractivity contribution in [3.8, 4) is 11.3 Å². The van der Waals surface area contributed by atoms with Gasteiger partial charge in [-0.05, 0) is 31.0 Å². The minimum Gasteiger partial charge on any atom is -0.382 e. The van der Waals surface area contributed by atoms with E-state index in [1.54, 1.807) is 18.5 Å². The Morgan fingerprint density at radius 1 is 1.15 bits per heavy atom. The molecule has 1 atom stereocenters. The molecule has 1 fully saturated rings. The number of carbonyl (C=O) groups is 2. The van der Waals surface area contributed by atoms with Crippen molar-refractivity contribution in [2.75, 3.05) is 35.6 Å². The number of nitrogens with two attached hydrogens (primary N) is 3. The summed E-state index contributed by atoms with van der Waals surface area (Å²) in [5, 5.41) is 2.84. The van der Waals surface area contributed by atoms with Crippen LogP contribution in [-0.4, -0.2) is 46.4 Å². The lowest BCUT2D eigenvalue weighted by Gasteiger charge is -2.21. The van der Waals surface area contributed by atoms with E-state index in [-0.39, 0.29) is 23.3 Å². The summed E-state index contributed by atoms with van der Waals surface area (Å²) in [5.74, 6) is -1.03. The van der Waals surface area contributed by atoms with Gasteiger partial charge in [0.25, 0.3) is 5.91 Å². The van der Waals surface area contributed by atoms with Gasteiger partial charge in [-0.2, -0.15) is 0 Å². The van der Waals surface area contributed by atoms with Crippen molar-refractivity contribution in [1.82, 2.24) is 15.0 Å². The van der Waals surface area contributed by atoms with Crippen LogP contribution in [0.1, 0.15) is 22.5 Å². The number of nitrogens with zero attached hydrogens (tertiary/aromatic N) is 4. The van der Waals surface area contributed by atoms with Gasteiger partial charge in [0.2, 0.25) is 5.91 Å². The molecule has 3 heterocycles. The van der Waals surface area contributed by atoms with Gasteiger partial charge < -0.3 is 27.4 Å². The van der Waals surface area contributed by atoms with Gasteiger partial charge in [-0.15, -0.1) is 0 Å². The second-order valence-corrected chi connectivity index (χ2v) is 7.91. The number of hydrogen-bond donors (Lipinski definition) is 4. The van der Waals surface area contributed by atoms with Crippen LogP contribution < -0.4 is 27.4 Å². The quantitative estimate of drug-likeness (QED) is 0.420. The second kappa shape index (κ2) is 9.61. The number of pyridine rings is 1. The van der Waals surface area contributed by atoms with Crippen molar-refractivity contribution < 1.29 is 9.59 Å². The first-order valence-corrected chi connectivity index (χ1v) is 10.7. The maximum Gasteiger partial charge on any atom is 0.278 e. The summed E-state index contributed by atoms with van der Waals surface area (Å²) in [5.41, 5.74) is 20.8. The molecule has 1 aromatic carbocycles. The molecule has 1 saturated heterocycles. The number of carbonyl (C=O) groups excluding carboxylic acids is 2. The van der Waals surface area contributed by atoms with Crippen molar-refractivity contribution in [2.45, 2.75) is 12.8 Å². The van der Waals surface area contributed by atoms with Crippen LogP contribution in [0, 0.1) is 5.92 Å². The highest BCUT2D eigenvalue weighted by Gasteiger charge is 2.28. The largest absolute Gasteiger partial charge is 0.382 e. The molecule has 1 aliphatic heterocycles. The highest BCUT2D eigenvalue weighted by atomic mass is 16.2. The van der Waals surface area contributed by atoms with Gasteiger partial charge in [0.1, 0.15) is 0 Å². The molecule has 0 spiro atoms. The van der Waals surface area contributed by atoms with Gasteiger partial charge in [-0.25, -0.2) is 9.97 Å². The fourth-order valence-electron chi connectivity index (χ4n) is 3.87. The van der Waals surface area contributed by atoms with Crippen molar-refractivity contribution in [1.29, 1.82) is 0 Å². The van der Waals surface area contributed by atoms with E-state index in [1.165, 1.54) is 6.20 Å². The van der Waals surface area contributed by atoms with Crippen molar-refractivity contribution in [3.05, 3.63) is 60.2 Å². The molecule has 1 aliphatic rings. The highest BCUT2D eigenvalue weighted by Crippen LogP contribution is 2.30. The van der Waals surface area contributed by atoms with E-state index in [0.717, 1.165) is 23.2 Å². The topological polar surface area (TPSA) is 166 Å². The zero-order valence-corrected chi connectivity index (χ0v) is 18.1. The molecule has 170 valence electrons. The number of primary amides is 1. The average Bonchev–Trinajstić information content (AvgIpc) is 3.31. The van der Waals surface area contributed by atoms with E-state index < -0.39 is 5.91 Å². The summed E-state index contributed by atoms with van der Waals surface area (Å²) in [6.07, 6.45) is 6.16. The summed E-state index contributed by atoms with van der Waals surface area (Å²) < 4.78 is 0. The number of benzene rings is 1. The minimum absolute atomic E-state index is 0.0183. The molecule has 7 N–H and O–H groups in total. The Morgan fingerprint density at radius 3 is 2.64 bits per heavy atom. The number of nitrogens with one attached hydrogen (secondary N) is 1. The average molecular weight is 447 g/mol. The Kier molecular flexibility index (Phi) is 6.45. The van der Waals surface area contributed by atoms with Crippen LogP contribution in [0.4, 0.5) is 17.2 Å². The molecule has 33 heavy (non-hydrogen) atoms. The number of aromatic nitrogens is 3. The maximum atomic E-state index is 13.1. The van der Waals surface area contributed by atoms with Crippen LogP contribution in [-0.2, 0) is 11.2 Å². The smallest absolute Gasteiger partial charge is 0.278 e. The number of rotatable bonds is 7. The first kappa shape index (κ1) is 22.2. The van der Waals surface area contributed by atoms with E-state index >= 15 is 0 Å². The summed E-state index contributed by atoms with van der Waals surface area (Å²) >= 11 is 0. The molecular weight excluding hydrogens is 420 g/mol. The molecule has 0 radical (unpaired) electrons. The van der Waals surface area contributed by atoms with E-state index in [1.807, 2.05) is 29.2 Å². The van der Waals surface area contributed by atoms with Gasteiger partial charge in [-0.1, -0.05) is 24.3 Å². The third kappa shape index (κ3) is 4.90. The minimum atomic E-state index is -0.499. The SMILES string of the molecule is NCCc1ccc(-c2cnc(N)c(C(=O)Nc3cnccc3N3CCC(C(N)=O)C3)n2)cc1. The highest BCUT2D eigenvalue weighted by molar-refractivity contribution is 6.07. The molecule has 2 aromatic heterocycles. The van der Waals surface area contributed by atoms with Crippen LogP contribution in [0.3, 0.4) is 0 Å². The Labute approximate surface area is 191 Å². The lowest BCUT2D eigenvalue weighted by Crippen LogP contribution is -2.28. The first-order valence-electron chi connectivity index (χ1n) is 10.7. The van der Waals surface area contributed by atoms with Crippen LogP contribution in [0.5, 0.6) is 0 Å². The van der Waals surface area contributed by atoms with E-state index in [0.29, 0.717) is 37.4 Å². The predicted octanol–water partition coefficient (Wildman–Crippen LogP) is 1.19.